The molecule has 0 radical (unpaired) electrons. The molecule has 18 heavy (non-hydrogen) atoms. The second kappa shape index (κ2) is 8.02. The molecule has 0 amide bonds. The molecular formula is C16H27NO. The van der Waals surface area contributed by atoms with E-state index in [1.165, 1.54) is 24.9 Å². The second-order valence-corrected chi connectivity index (χ2v) is 4.99. The average Bonchev–Trinajstić information content (AvgIpc) is 2.43. The van der Waals surface area contributed by atoms with Gasteiger partial charge in [-0.2, -0.15) is 0 Å². The predicted octanol–water partition coefficient (Wildman–Crippen LogP) is 4.35. The monoisotopic (exact) mass is 249 g/mol. The van der Waals surface area contributed by atoms with Gasteiger partial charge in [-0.3, -0.25) is 0 Å². The molecular weight excluding hydrogens is 222 g/mol. The number of hydrogen-bond acceptors (Lipinski definition) is 2. The number of rotatable bonds is 8. The minimum Gasteiger partial charge on any atom is -0.497 e. The topological polar surface area (TPSA) is 12.5 Å². The quantitative estimate of drug-likeness (QED) is 0.679. The van der Waals surface area contributed by atoms with Crippen molar-refractivity contribution in [1.82, 2.24) is 0 Å². The lowest BCUT2D eigenvalue weighted by molar-refractivity contribution is 0.414. The van der Waals surface area contributed by atoms with Gasteiger partial charge in [0.05, 0.1) is 7.11 Å². The normalized spacial score (nSPS) is 12.2. The summed E-state index contributed by atoms with van der Waals surface area (Å²) in [5.74, 6) is 1.74. The largest absolute Gasteiger partial charge is 0.497 e. The molecule has 102 valence electrons. The lowest BCUT2D eigenvalue weighted by atomic mass is 10.0. The third-order valence-electron chi connectivity index (χ3n) is 3.50. The van der Waals surface area contributed by atoms with E-state index in [2.05, 4.69) is 43.9 Å². The molecule has 1 aromatic carbocycles. The summed E-state index contributed by atoms with van der Waals surface area (Å²) < 4.78 is 5.30. The molecule has 0 bridgehead atoms. The van der Waals surface area contributed by atoms with E-state index in [9.17, 15) is 0 Å². The Morgan fingerprint density at radius 2 is 2.00 bits per heavy atom. The predicted molar refractivity (Wildman–Crippen MR) is 79.6 cm³/mol. The Bertz CT molecular complexity index is 338. The molecule has 2 heteroatoms. The maximum absolute atomic E-state index is 5.30. The van der Waals surface area contributed by atoms with Gasteiger partial charge in [0.1, 0.15) is 5.75 Å². The van der Waals surface area contributed by atoms with Crippen molar-refractivity contribution in [3.63, 3.8) is 0 Å². The van der Waals surface area contributed by atoms with Gasteiger partial charge in [-0.25, -0.2) is 0 Å². The first-order chi connectivity index (χ1) is 8.71. The van der Waals surface area contributed by atoms with Crippen LogP contribution < -0.4 is 9.64 Å². The van der Waals surface area contributed by atoms with Crippen LogP contribution in [0.4, 0.5) is 5.69 Å². The van der Waals surface area contributed by atoms with Crippen molar-refractivity contribution in [2.45, 2.75) is 40.0 Å². The van der Waals surface area contributed by atoms with Crippen LogP contribution in [-0.4, -0.2) is 20.2 Å². The molecule has 0 aliphatic heterocycles. The third-order valence-corrected chi connectivity index (χ3v) is 3.50. The summed E-state index contributed by atoms with van der Waals surface area (Å²) in [6, 6.07) is 8.38. The van der Waals surface area contributed by atoms with Crippen LogP contribution in [0.25, 0.3) is 0 Å². The highest BCUT2D eigenvalue weighted by molar-refractivity contribution is 5.50. The first-order valence-corrected chi connectivity index (χ1v) is 7.10. The van der Waals surface area contributed by atoms with Crippen LogP contribution in [-0.2, 0) is 0 Å². The smallest absolute Gasteiger partial charge is 0.120 e. The summed E-state index contributed by atoms with van der Waals surface area (Å²) >= 11 is 0. The molecule has 1 unspecified atom stereocenters. The summed E-state index contributed by atoms with van der Waals surface area (Å²) in [4.78, 5) is 2.47. The molecule has 0 saturated heterocycles. The Labute approximate surface area is 112 Å². The Balaban J connectivity index is 2.69. The summed E-state index contributed by atoms with van der Waals surface area (Å²) in [6.45, 7) is 9.08. The highest BCUT2D eigenvalue weighted by atomic mass is 16.5. The molecule has 1 rings (SSSR count). The van der Waals surface area contributed by atoms with Crippen molar-refractivity contribution < 1.29 is 4.74 Å². The van der Waals surface area contributed by atoms with E-state index in [0.29, 0.717) is 0 Å². The van der Waals surface area contributed by atoms with Gasteiger partial charge in [-0.1, -0.05) is 33.3 Å². The minimum absolute atomic E-state index is 0.801. The fourth-order valence-electron chi connectivity index (χ4n) is 2.03. The molecule has 0 saturated carbocycles. The van der Waals surface area contributed by atoms with E-state index in [1.54, 1.807) is 7.11 Å². The summed E-state index contributed by atoms with van der Waals surface area (Å²) in [6.07, 6.45) is 3.70. The van der Waals surface area contributed by atoms with Gasteiger partial charge >= 0.3 is 0 Å². The maximum atomic E-state index is 5.30. The number of hydrogen-bond donors (Lipinski definition) is 0. The van der Waals surface area contributed by atoms with Gasteiger partial charge in [0.15, 0.2) is 0 Å². The van der Waals surface area contributed by atoms with Crippen LogP contribution in [0.1, 0.15) is 40.0 Å². The first-order valence-electron chi connectivity index (χ1n) is 7.10. The molecule has 0 spiro atoms. The Morgan fingerprint density at radius 3 is 2.61 bits per heavy atom. The molecule has 0 aliphatic carbocycles. The van der Waals surface area contributed by atoms with Crippen LogP contribution in [0.5, 0.6) is 5.75 Å². The van der Waals surface area contributed by atoms with Crippen LogP contribution in [0, 0.1) is 5.92 Å². The molecule has 1 aromatic rings. The van der Waals surface area contributed by atoms with Crippen molar-refractivity contribution in [2.75, 3.05) is 25.1 Å². The third kappa shape index (κ3) is 4.59. The van der Waals surface area contributed by atoms with Crippen LogP contribution in [0.3, 0.4) is 0 Å². The summed E-state index contributed by atoms with van der Waals surface area (Å²) in [5.41, 5.74) is 1.28. The highest BCUT2D eigenvalue weighted by Gasteiger charge is 2.08. The van der Waals surface area contributed by atoms with Crippen molar-refractivity contribution in [3.8, 4) is 5.75 Å². The summed E-state index contributed by atoms with van der Waals surface area (Å²) in [5, 5.41) is 0. The fourth-order valence-corrected chi connectivity index (χ4v) is 2.03. The van der Waals surface area contributed by atoms with E-state index >= 15 is 0 Å². The zero-order valence-electron chi connectivity index (χ0n) is 12.3. The number of ether oxygens (including phenoxy) is 1. The highest BCUT2D eigenvalue weighted by Crippen LogP contribution is 2.22. The SMILES string of the molecule is CCCN(CCC(C)CC)c1cccc(OC)c1. The molecule has 0 N–H and O–H groups in total. The van der Waals surface area contributed by atoms with Gasteiger partial charge in [0, 0.05) is 24.8 Å². The van der Waals surface area contributed by atoms with E-state index < -0.39 is 0 Å². The van der Waals surface area contributed by atoms with Gasteiger partial charge in [-0.05, 0) is 30.9 Å². The molecule has 2 nitrogen and oxygen atoms in total. The van der Waals surface area contributed by atoms with Crippen molar-refractivity contribution in [1.29, 1.82) is 0 Å². The van der Waals surface area contributed by atoms with Crippen molar-refractivity contribution in [3.05, 3.63) is 24.3 Å². The Hall–Kier alpha value is -1.18. The number of nitrogens with zero attached hydrogens (tertiary/aromatic N) is 1. The maximum Gasteiger partial charge on any atom is 0.120 e. The van der Waals surface area contributed by atoms with Gasteiger partial charge < -0.3 is 9.64 Å². The molecule has 0 heterocycles. The minimum atomic E-state index is 0.801. The number of benzene rings is 1. The Morgan fingerprint density at radius 1 is 1.22 bits per heavy atom. The van der Waals surface area contributed by atoms with E-state index in [4.69, 9.17) is 4.74 Å². The van der Waals surface area contributed by atoms with Crippen molar-refractivity contribution in [2.24, 2.45) is 5.92 Å². The van der Waals surface area contributed by atoms with Gasteiger partial charge in [0.2, 0.25) is 0 Å². The zero-order chi connectivity index (χ0) is 13.4. The van der Waals surface area contributed by atoms with Crippen LogP contribution in [0.15, 0.2) is 24.3 Å². The van der Waals surface area contributed by atoms with Gasteiger partial charge in [0.25, 0.3) is 0 Å². The fraction of sp³-hybridized carbons (Fsp3) is 0.625. The molecule has 0 aromatic heterocycles. The number of anilines is 1. The Kier molecular flexibility index (Phi) is 6.63. The first kappa shape index (κ1) is 14.9. The second-order valence-electron chi connectivity index (χ2n) is 4.99. The lowest BCUT2D eigenvalue weighted by Gasteiger charge is -2.26. The number of methoxy groups -OCH3 is 1. The standard InChI is InChI=1S/C16H27NO/c1-5-11-17(12-10-14(3)6-2)15-8-7-9-16(13-15)18-4/h7-9,13-14H,5-6,10-12H2,1-4H3. The van der Waals surface area contributed by atoms with E-state index in [1.807, 2.05) is 6.07 Å². The average molecular weight is 249 g/mol. The summed E-state index contributed by atoms with van der Waals surface area (Å²) in [7, 11) is 1.72. The van der Waals surface area contributed by atoms with Gasteiger partial charge in [-0.15, -0.1) is 0 Å². The molecule has 1 atom stereocenters. The zero-order valence-corrected chi connectivity index (χ0v) is 12.3. The van der Waals surface area contributed by atoms with Crippen LogP contribution in [0.2, 0.25) is 0 Å². The lowest BCUT2D eigenvalue weighted by Crippen LogP contribution is -2.26. The molecule has 0 fully saturated rings. The van der Waals surface area contributed by atoms with Crippen LogP contribution >= 0.6 is 0 Å². The van der Waals surface area contributed by atoms with Crippen molar-refractivity contribution >= 4 is 5.69 Å². The molecule has 0 aliphatic rings. The van der Waals surface area contributed by atoms with E-state index in [0.717, 1.165) is 24.8 Å². The van der Waals surface area contributed by atoms with E-state index in [-0.39, 0.29) is 0 Å².